The molecule has 0 saturated heterocycles. The summed E-state index contributed by atoms with van der Waals surface area (Å²) in [6, 6.07) is 0. The van der Waals surface area contributed by atoms with Crippen LogP contribution in [0.2, 0.25) is 0 Å². The van der Waals surface area contributed by atoms with E-state index in [9.17, 15) is 9.59 Å². The summed E-state index contributed by atoms with van der Waals surface area (Å²) < 4.78 is 5.11. The van der Waals surface area contributed by atoms with Crippen LogP contribution in [0.15, 0.2) is 0 Å². The lowest BCUT2D eigenvalue weighted by Gasteiger charge is -2.23. The van der Waals surface area contributed by atoms with E-state index in [4.69, 9.17) is 10.5 Å². The lowest BCUT2D eigenvalue weighted by Crippen LogP contribution is -2.44. The van der Waals surface area contributed by atoms with E-state index in [-0.39, 0.29) is 24.9 Å². The van der Waals surface area contributed by atoms with Gasteiger partial charge in [-0.15, -0.1) is 0 Å². The summed E-state index contributed by atoms with van der Waals surface area (Å²) >= 11 is 0. The maximum absolute atomic E-state index is 11.2. The maximum Gasteiger partial charge on any atom is 0.239 e. The molecule has 0 rings (SSSR count). The Kier molecular flexibility index (Phi) is 5.88. The minimum absolute atomic E-state index is 0.0597. The zero-order chi connectivity index (χ0) is 11.9. The lowest BCUT2D eigenvalue weighted by atomic mass is 10.1. The van der Waals surface area contributed by atoms with Crippen LogP contribution in [0.4, 0.5) is 0 Å². The van der Waals surface area contributed by atoms with Crippen LogP contribution >= 0.6 is 0 Å². The van der Waals surface area contributed by atoms with Gasteiger partial charge in [0.1, 0.15) is 0 Å². The number of ether oxygens (including phenoxy) is 1. The van der Waals surface area contributed by atoms with E-state index >= 15 is 0 Å². The van der Waals surface area contributed by atoms with Crippen molar-refractivity contribution in [3.05, 3.63) is 0 Å². The molecule has 0 heterocycles. The van der Waals surface area contributed by atoms with Crippen molar-refractivity contribution in [3.8, 4) is 0 Å². The van der Waals surface area contributed by atoms with Crippen molar-refractivity contribution in [1.82, 2.24) is 10.6 Å². The second kappa shape index (κ2) is 6.36. The molecule has 0 saturated carbocycles. The summed E-state index contributed by atoms with van der Waals surface area (Å²) in [5, 5.41) is 5.00. The molecule has 0 fully saturated rings. The van der Waals surface area contributed by atoms with Crippen LogP contribution in [-0.4, -0.2) is 44.2 Å². The Morgan fingerprint density at radius 1 is 1.27 bits per heavy atom. The molecule has 2 amide bonds. The molecule has 0 aromatic heterocycles. The van der Waals surface area contributed by atoms with Gasteiger partial charge < -0.3 is 21.1 Å². The normalized spacial score (nSPS) is 10.9. The zero-order valence-electron chi connectivity index (χ0n) is 9.42. The average Bonchev–Trinajstić information content (AvgIpc) is 2.23. The van der Waals surface area contributed by atoms with Crippen LogP contribution in [0, 0.1) is 0 Å². The second-order valence-electron chi connectivity index (χ2n) is 3.72. The first-order valence-electron chi connectivity index (χ1n) is 4.70. The minimum atomic E-state index is -0.409. The van der Waals surface area contributed by atoms with Crippen LogP contribution in [0.3, 0.4) is 0 Å². The smallest absolute Gasteiger partial charge is 0.239 e. The average molecular weight is 217 g/mol. The maximum atomic E-state index is 11.2. The highest BCUT2D eigenvalue weighted by Crippen LogP contribution is 2.04. The van der Waals surface area contributed by atoms with E-state index in [2.05, 4.69) is 10.6 Å². The topological polar surface area (TPSA) is 93.5 Å². The molecule has 0 aromatic rings. The molecule has 0 aromatic carbocycles. The van der Waals surface area contributed by atoms with Gasteiger partial charge >= 0.3 is 0 Å². The quantitative estimate of drug-likeness (QED) is 0.510. The van der Waals surface area contributed by atoms with E-state index < -0.39 is 5.60 Å². The van der Waals surface area contributed by atoms with Gasteiger partial charge in [0.05, 0.1) is 18.7 Å². The van der Waals surface area contributed by atoms with Crippen LogP contribution in [0.1, 0.15) is 13.8 Å². The summed E-state index contributed by atoms with van der Waals surface area (Å²) in [5.74, 6) is -0.613. The Morgan fingerprint density at radius 3 is 2.33 bits per heavy atom. The fraction of sp³-hybridized carbons (Fsp3) is 0.778. The highest BCUT2D eigenvalue weighted by molar-refractivity contribution is 5.85. The van der Waals surface area contributed by atoms with Crippen molar-refractivity contribution in [3.63, 3.8) is 0 Å². The number of nitrogens with one attached hydrogen (secondary N) is 2. The molecule has 0 aliphatic heterocycles. The monoisotopic (exact) mass is 217 g/mol. The first-order valence-corrected chi connectivity index (χ1v) is 4.70. The van der Waals surface area contributed by atoms with Crippen molar-refractivity contribution < 1.29 is 14.3 Å². The van der Waals surface area contributed by atoms with E-state index in [1.165, 1.54) is 0 Å². The molecule has 0 bridgehead atoms. The van der Waals surface area contributed by atoms with Gasteiger partial charge in [-0.25, -0.2) is 0 Å². The third-order valence-corrected chi connectivity index (χ3v) is 1.90. The predicted octanol–water partition coefficient (Wildman–Crippen LogP) is -1.40. The minimum Gasteiger partial charge on any atom is -0.377 e. The molecule has 0 aliphatic rings. The van der Waals surface area contributed by atoms with Crippen LogP contribution in [-0.2, 0) is 14.3 Å². The third kappa shape index (κ3) is 6.87. The summed E-state index contributed by atoms with van der Waals surface area (Å²) in [7, 11) is 1.57. The van der Waals surface area contributed by atoms with E-state index in [1.54, 1.807) is 7.11 Å². The fourth-order valence-electron chi connectivity index (χ4n) is 0.697. The van der Waals surface area contributed by atoms with Crippen molar-refractivity contribution in [2.75, 3.05) is 26.7 Å². The number of hydrogen-bond donors (Lipinski definition) is 3. The SMILES string of the molecule is COC(C)(C)CNC(=O)CNC(=O)CN. The van der Waals surface area contributed by atoms with Gasteiger partial charge in [-0.05, 0) is 13.8 Å². The van der Waals surface area contributed by atoms with Crippen molar-refractivity contribution in [1.29, 1.82) is 0 Å². The molecule has 6 nitrogen and oxygen atoms in total. The molecule has 0 atom stereocenters. The Hall–Kier alpha value is -1.14. The molecular formula is C9H19N3O3. The molecule has 88 valence electrons. The zero-order valence-corrected chi connectivity index (χ0v) is 9.42. The number of nitrogens with two attached hydrogens (primary N) is 1. The number of rotatable bonds is 6. The van der Waals surface area contributed by atoms with Crippen LogP contribution < -0.4 is 16.4 Å². The van der Waals surface area contributed by atoms with Gasteiger partial charge in [0, 0.05) is 13.7 Å². The van der Waals surface area contributed by atoms with Crippen LogP contribution in [0.5, 0.6) is 0 Å². The van der Waals surface area contributed by atoms with Gasteiger partial charge in [0.15, 0.2) is 0 Å². The van der Waals surface area contributed by atoms with Gasteiger partial charge in [0.2, 0.25) is 11.8 Å². The number of amides is 2. The Labute approximate surface area is 89.5 Å². The Balaban J connectivity index is 3.71. The fourth-order valence-corrected chi connectivity index (χ4v) is 0.697. The largest absolute Gasteiger partial charge is 0.377 e. The number of carbonyl (C=O) groups excluding carboxylic acids is 2. The van der Waals surface area contributed by atoms with E-state index in [0.29, 0.717) is 6.54 Å². The summed E-state index contributed by atoms with van der Waals surface area (Å²) in [4.78, 5) is 21.9. The molecule has 0 unspecified atom stereocenters. The number of methoxy groups -OCH3 is 1. The van der Waals surface area contributed by atoms with Crippen molar-refractivity contribution in [2.24, 2.45) is 5.73 Å². The predicted molar refractivity (Wildman–Crippen MR) is 56.2 cm³/mol. The molecule has 4 N–H and O–H groups in total. The number of carbonyl (C=O) groups is 2. The Bertz CT molecular complexity index is 229. The molecule has 15 heavy (non-hydrogen) atoms. The summed E-state index contributed by atoms with van der Waals surface area (Å²) in [6.45, 7) is 3.92. The highest BCUT2D eigenvalue weighted by Gasteiger charge is 2.17. The third-order valence-electron chi connectivity index (χ3n) is 1.90. The van der Waals surface area contributed by atoms with Gasteiger partial charge in [-0.3, -0.25) is 9.59 Å². The molecule has 0 spiro atoms. The summed E-state index contributed by atoms with van der Waals surface area (Å²) in [6.07, 6.45) is 0. The van der Waals surface area contributed by atoms with Crippen LogP contribution in [0.25, 0.3) is 0 Å². The van der Waals surface area contributed by atoms with E-state index in [1.807, 2.05) is 13.8 Å². The first kappa shape index (κ1) is 13.9. The number of hydrogen-bond acceptors (Lipinski definition) is 4. The first-order chi connectivity index (χ1) is 6.91. The van der Waals surface area contributed by atoms with E-state index in [0.717, 1.165) is 0 Å². The van der Waals surface area contributed by atoms with Gasteiger partial charge in [-0.1, -0.05) is 0 Å². The second-order valence-corrected chi connectivity index (χ2v) is 3.72. The highest BCUT2D eigenvalue weighted by atomic mass is 16.5. The van der Waals surface area contributed by atoms with Crippen molar-refractivity contribution in [2.45, 2.75) is 19.4 Å². The molecular weight excluding hydrogens is 198 g/mol. The van der Waals surface area contributed by atoms with Gasteiger partial charge in [0.25, 0.3) is 0 Å². The lowest BCUT2D eigenvalue weighted by molar-refractivity contribution is -0.126. The molecule has 6 heteroatoms. The molecule has 0 aliphatic carbocycles. The van der Waals surface area contributed by atoms with Crippen molar-refractivity contribution >= 4 is 11.8 Å². The van der Waals surface area contributed by atoms with Gasteiger partial charge in [-0.2, -0.15) is 0 Å². The Morgan fingerprint density at radius 2 is 1.87 bits per heavy atom. The standard InChI is InChI=1S/C9H19N3O3/c1-9(2,15-3)6-12-8(14)5-11-7(13)4-10/h4-6,10H2,1-3H3,(H,11,13)(H,12,14). The summed E-state index contributed by atoms with van der Waals surface area (Å²) in [5.41, 5.74) is 4.65. The molecule has 0 radical (unpaired) electrons.